The van der Waals surface area contributed by atoms with E-state index in [1.54, 1.807) is 0 Å². The van der Waals surface area contributed by atoms with Crippen LogP contribution in [0.2, 0.25) is 0 Å². The van der Waals surface area contributed by atoms with E-state index in [2.05, 4.69) is 36.1 Å². The van der Waals surface area contributed by atoms with E-state index in [9.17, 15) is 5.11 Å². The molecule has 3 heteroatoms. The molecule has 0 radical (unpaired) electrons. The van der Waals surface area contributed by atoms with Gasteiger partial charge in [-0.1, -0.05) is 49.1 Å². The van der Waals surface area contributed by atoms with Crippen LogP contribution in [0.15, 0.2) is 24.3 Å². The lowest BCUT2D eigenvalue weighted by molar-refractivity contribution is 0.120. The molecule has 1 aliphatic rings. The Morgan fingerprint density at radius 1 is 1.14 bits per heavy atom. The summed E-state index contributed by atoms with van der Waals surface area (Å²) in [4.78, 5) is 2.45. The number of rotatable bonds is 7. The van der Waals surface area contributed by atoms with Crippen LogP contribution < -0.4 is 5.73 Å². The second kappa shape index (κ2) is 8.52. The number of aliphatic hydroxyl groups is 1. The molecule has 1 saturated carbocycles. The fourth-order valence-corrected chi connectivity index (χ4v) is 3.34. The van der Waals surface area contributed by atoms with E-state index < -0.39 is 0 Å². The predicted molar refractivity (Wildman–Crippen MR) is 88.3 cm³/mol. The fourth-order valence-electron chi connectivity index (χ4n) is 3.34. The molecule has 1 fully saturated rings. The molecule has 1 aromatic rings. The Balaban J connectivity index is 1.86. The number of nitrogens with zero attached hydrogens (tertiary/aromatic N) is 1. The van der Waals surface area contributed by atoms with E-state index >= 15 is 0 Å². The molecule has 3 N–H and O–H groups in total. The summed E-state index contributed by atoms with van der Waals surface area (Å²) in [5.41, 5.74) is 8.82. The van der Waals surface area contributed by atoms with Crippen molar-refractivity contribution in [1.29, 1.82) is 0 Å². The smallest absolute Gasteiger partial charge is 0.0558 e. The van der Waals surface area contributed by atoms with Gasteiger partial charge in [0.25, 0.3) is 0 Å². The van der Waals surface area contributed by atoms with E-state index in [1.165, 1.54) is 43.2 Å². The van der Waals surface area contributed by atoms with E-state index in [4.69, 9.17) is 5.73 Å². The third kappa shape index (κ3) is 5.10. The van der Waals surface area contributed by atoms with Gasteiger partial charge in [0.1, 0.15) is 0 Å². The summed E-state index contributed by atoms with van der Waals surface area (Å²) in [6, 6.07) is 9.27. The standard InChI is InChI=1S/C18H30N2O/c1-15-7-9-16(10-8-15)18(19)11-12-20(13-14-21)17-5-3-2-4-6-17/h7-10,17-18,21H,2-6,11-14,19H2,1H3. The van der Waals surface area contributed by atoms with Gasteiger partial charge in [-0.3, -0.25) is 4.90 Å². The van der Waals surface area contributed by atoms with Crippen LogP contribution in [0, 0.1) is 6.92 Å². The van der Waals surface area contributed by atoms with Crippen molar-refractivity contribution >= 4 is 0 Å². The first-order chi connectivity index (χ1) is 10.2. The molecule has 0 spiro atoms. The molecule has 1 aromatic carbocycles. The second-order valence-electron chi connectivity index (χ2n) is 6.36. The quantitative estimate of drug-likeness (QED) is 0.811. The Morgan fingerprint density at radius 3 is 2.43 bits per heavy atom. The monoisotopic (exact) mass is 290 g/mol. The van der Waals surface area contributed by atoms with Crippen LogP contribution in [0.5, 0.6) is 0 Å². The van der Waals surface area contributed by atoms with Gasteiger partial charge in [0, 0.05) is 25.2 Å². The number of hydrogen-bond acceptors (Lipinski definition) is 3. The molecular formula is C18H30N2O. The van der Waals surface area contributed by atoms with Crippen molar-refractivity contribution < 1.29 is 5.11 Å². The van der Waals surface area contributed by atoms with Gasteiger partial charge >= 0.3 is 0 Å². The lowest BCUT2D eigenvalue weighted by atomic mass is 9.93. The van der Waals surface area contributed by atoms with Crippen molar-refractivity contribution in [3.8, 4) is 0 Å². The highest BCUT2D eigenvalue weighted by atomic mass is 16.3. The average Bonchev–Trinajstić information content (AvgIpc) is 2.52. The first kappa shape index (κ1) is 16.5. The van der Waals surface area contributed by atoms with Crippen molar-refractivity contribution in [1.82, 2.24) is 4.90 Å². The Kier molecular flexibility index (Phi) is 6.68. The van der Waals surface area contributed by atoms with Crippen LogP contribution in [0.1, 0.15) is 55.7 Å². The minimum Gasteiger partial charge on any atom is -0.395 e. The maximum Gasteiger partial charge on any atom is 0.0558 e. The molecule has 2 rings (SSSR count). The minimum atomic E-state index is 0.0929. The maximum absolute atomic E-state index is 9.31. The normalized spacial score (nSPS) is 18.1. The molecule has 0 aliphatic heterocycles. The number of nitrogens with two attached hydrogens (primary N) is 1. The third-order valence-corrected chi connectivity index (χ3v) is 4.71. The Hall–Kier alpha value is -0.900. The van der Waals surface area contributed by atoms with Crippen LogP contribution in [-0.4, -0.2) is 35.7 Å². The number of hydrogen-bond donors (Lipinski definition) is 2. The summed E-state index contributed by atoms with van der Waals surface area (Å²) in [6.07, 6.45) is 7.54. The van der Waals surface area contributed by atoms with Gasteiger partial charge in [-0.05, 0) is 31.7 Å². The van der Waals surface area contributed by atoms with E-state index in [0.29, 0.717) is 6.04 Å². The van der Waals surface area contributed by atoms with E-state index in [1.807, 2.05) is 0 Å². The van der Waals surface area contributed by atoms with Gasteiger partial charge in [0.05, 0.1) is 6.61 Å². The maximum atomic E-state index is 9.31. The molecule has 118 valence electrons. The molecular weight excluding hydrogens is 260 g/mol. The summed E-state index contributed by atoms with van der Waals surface area (Å²) >= 11 is 0. The van der Waals surface area contributed by atoms with Gasteiger partial charge in [-0.2, -0.15) is 0 Å². The highest BCUT2D eigenvalue weighted by molar-refractivity contribution is 5.23. The molecule has 0 heterocycles. The molecule has 0 saturated heterocycles. The zero-order valence-corrected chi connectivity index (χ0v) is 13.3. The molecule has 1 aliphatic carbocycles. The summed E-state index contributed by atoms with van der Waals surface area (Å²) in [7, 11) is 0. The van der Waals surface area contributed by atoms with Crippen molar-refractivity contribution in [2.24, 2.45) is 5.73 Å². The van der Waals surface area contributed by atoms with Gasteiger partial charge in [-0.25, -0.2) is 0 Å². The van der Waals surface area contributed by atoms with Gasteiger partial charge in [0.15, 0.2) is 0 Å². The Bertz CT molecular complexity index is 398. The molecule has 21 heavy (non-hydrogen) atoms. The third-order valence-electron chi connectivity index (χ3n) is 4.71. The van der Waals surface area contributed by atoms with Gasteiger partial charge < -0.3 is 10.8 Å². The van der Waals surface area contributed by atoms with Crippen molar-refractivity contribution in [2.75, 3.05) is 19.7 Å². The van der Waals surface area contributed by atoms with E-state index in [0.717, 1.165) is 19.5 Å². The highest BCUT2D eigenvalue weighted by Crippen LogP contribution is 2.24. The first-order valence-electron chi connectivity index (χ1n) is 8.38. The van der Waals surface area contributed by atoms with Crippen LogP contribution in [0.4, 0.5) is 0 Å². The molecule has 0 amide bonds. The summed E-state index contributed by atoms with van der Waals surface area (Å²) in [6.45, 7) is 4.11. The zero-order valence-electron chi connectivity index (χ0n) is 13.3. The highest BCUT2D eigenvalue weighted by Gasteiger charge is 2.21. The zero-order chi connectivity index (χ0) is 15.1. The largest absolute Gasteiger partial charge is 0.395 e. The molecule has 1 atom stereocenters. The summed E-state index contributed by atoms with van der Waals surface area (Å²) < 4.78 is 0. The number of benzene rings is 1. The minimum absolute atomic E-state index is 0.0929. The van der Waals surface area contributed by atoms with Crippen LogP contribution in [0.25, 0.3) is 0 Å². The lowest BCUT2D eigenvalue weighted by Gasteiger charge is -2.34. The number of aliphatic hydroxyl groups excluding tert-OH is 1. The second-order valence-corrected chi connectivity index (χ2v) is 6.36. The van der Waals surface area contributed by atoms with Crippen molar-refractivity contribution in [3.05, 3.63) is 35.4 Å². The molecule has 3 nitrogen and oxygen atoms in total. The van der Waals surface area contributed by atoms with Crippen LogP contribution >= 0.6 is 0 Å². The fraction of sp³-hybridized carbons (Fsp3) is 0.667. The summed E-state index contributed by atoms with van der Waals surface area (Å²) in [5.74, 6) is 0. The Labute approximate surface area is 129 Å². The Morgan fingerprint density at radius 2 is 1.81 bits per heavy atom. The summed E-state index contributed by atoms with van der Waals surface area (Å²) in [5, 5.41) is 9.31. The van der Waals surface area contributed by atoms with Crippen molar-refractivity contribution in [2.45, 2.75) is 57.5 Å². The average molecular weight is 290 g/mol. The first-order valence-corrected chi connectivity index (χ1v) is 8.38. The van der Waals surface area contributed by atoms with Crippen LogP contribution in [0.3, 0.4) is 0 Å². The SMILES string of the molecule is Cc1ccc(C(N)CCN(CCO)C2CCCCC2)cc1. The lowest BCUT2D eigenvalue weighted by Crippen LogP contribution is -2.40. The molecule has 1 unspecified atom stereocenters. The van der Waals surface area contributed by atoms with Crippen LogP contribution in [-0.2, 0) is 0 Å². The van der Waals surface area contributed by atoms with Gasteiger partial charge in [0.2, 0.25) is 0 Å². The molecule has 0 bridgehead atoms. The van der Waals surface area contributed by atoms with E-state index in [-0.39, 0.29) is 12.6 Å². The topological polar surface area (TPSA) is 49.5 Å². The van der Waals surface area contributed by atoms with Gasteiger partial charge in [-0.15, -0.1) is 0 Å². The van der Waals surface area contributed by atoms with Crippen molar-refractivity contribution in [3.63, 3.8) is 0 Å². The predicted octanol–water partition coefficient (Wildman–Crippen LogP) is 3.01. The number of aryl methyl sites for hydroxylation is 1. The molecule has 0 aromatic heterocycles.